The van der Waals surface area contributed by atoms with Gasteiger partial charge in [-0.15, -0.1) is 12.4 Å². The van der Waals surface area contributed by atoms with Crippen LogP contribution in [0.25, 0.3) is 0 Å². The topological polar surface area (TPSA) is 52.6 Å². The Morgan fingerprint density at radius 2 is 1.50 bits per heavy atom. The van der Waals surface area contributed by atoms with Crippen LogP contribution in [0.4, 0.5) is 0 Å². The lowest BCUT2D eigenvalue weighted by Gasteiger charge is -1.90. The maximum Gasteiger partial charge on any atom is 0.321 e. The second-order valence-corrected chi connectivity index (χ2v) is 1.95. The molecule has 4 nitrogen and oxygen atoms in total. The summed E-state index contributed by atoms with van der Waals surface area (Å²) in [5.74, 6) is -0.822. The highest BCUT2D eigenvalue weighted by Gasteiger charge is 2.15. The fraction of sp³-hybridized carbons (Fsp3) is 0.500. The first-order valence-electron chi connectivity index (χ1n) is 2.36. The number of hydrogen-bond acceptors (Lipinski definition) is 5. The van der Waals surface area contributed by atoms with E-state index < -0.39 is 11.9 Å². The monoisotopic (exact) mass is 184 g/mol. The second-order valence-electron chi connectivity index (χ2n) is 1.48. The average molecular weight is 185 g/mol. The highest BCUT2D eigenvalue weighted by molar-refractivity contribution is 7.90. The van der Waals surface area contributed by atoms with E-state index in [2.05, 4.69) is 8.37 Å². The molecule has 1 aliphatic rings. The Balaban J connectivity index is 0.000000810. The van der Waals surface area contributed by atoms with E-state index in [1.54, 1.807) is 0 Å². The molecule has 6 heteroatoms. The molecule has 0 radical (unpaired) electrons. The third-order valence-electron chi connectivity index (χ3n) is 0.787. The number of rotatable bonds is 0. The van der Waals surface area contributed by atoms with Crippen molar-refractivity contribution in [3.05, 3.63) is 0 Å². The lowest BCUT2D eigenvalue weighted by molar-refractivity contribution is -0.135. The van der Waals surface area contributed by atoms with Crippen molar-refractivity contribution >= 4 is 36.7 Å². The van der Waals surface area contributed by atoms with Crippen molar-refractivity contribution in [3.8, 4) is 0 Å². The second kappa shape index (κ2) is 4.40. The molecule has 0 aliphatic carbocycles. The maximum absolute atomic E-state index is 10.4. The minimum atomic E-state index is -0.411. The van der Waals surface area contributed by atoms with E-state index in [1.165, 1.54) is 0 Å². The van der Waals surface area contributed by atoms with E-state index in [4.69, 9.17) is 0 Å². The molecule has 1 saturated heterocycles. The largest absolute Gasteiger partial charge is 0.355 e. The summed E-state index contributed by atoms with van der Waals surface area (Å²) in [6, 6.07) is 0. The molecular formula is C4H5ClO4S. The molecule has 1 heterocycles. The average Bonchev–Trinajstić information content (AvgIpc) is 1.97. The smallest absolute Gasteiger partial charge is 0.321 e. The summed E-state index contributed by atoms with van der Waals surface area (Å²) < 4.78 is 8.62. The Hall–Kier alpha value is -0.420. The fourth-order valence-corrected chi connectivity index (χ4v) is 0.733. The summed E-state index contributed by atoms with van der Waals surface area (Å²) in [5.41, 5.74) is 0. The Morgan fingerprint density at radius 3 is 1.90 bits per heavy atom. The van der Waals surface area contributed by atoms with Crippen LogP contribution >= 0.6 is 24.7 Å². The van der Waals surface area contributed by atoms with E-state index in [-0.39, 0.29) is 25.2 Å². The first-order valence-corrected chi connectivity index (χ1v) is 3.02. The molecule has 0 aromatic carbocycles. The molecule has 0 amide bonds. The molecule has 0 aromatic rings. The fourth-order valence-electron chi connectivity index (χ4n) is 0.380. The SMILES string of the molecule is Cl.O=C1CCC(=O)OSO1. The van der Waals surface area contributed by atoms with Gasteiger partial charge < -0.3 is 8.37 Å². The predicted molar refractivity (Wildman–Crippen MR) is 36.3 cm³/mol. The van der Waals surface area contributed by atoms with E-state index in [0.717, 1.165) is 0 Å². The van der Waals surface area contributed by atoms with E-state index in [1.807, 2.05) is 0 Å². The van der Waals surface area contributed by atoms with Gasteiger partial charge in [0.2, 0.25) is 0 Å². The molecule has 0 atom stereocenters. The Kier molecular flexibility index (Phi) is 4.22. The van der Waals surface area contributed by atoms with Gasteiger partial charge in [0.05, 0.1) is 12.8 Å². The molecule has 0 bridgehead atoms. The molecule has 1 rings (SSSR count). The van der Waals surface area contributed by atoms with Crippen molar-refractivity contribution in [2.45, 2.75) is 12.8 Å². The van der Waals surface area contributed by atoms with Gasteiger partial charge in [0.15, 0.2) is 0 Å². The molecule has 0 N–H and O–H groups in total. The van der Waals surface area contributed by atoms with Crippen molar-refractivity contribution in [2.75, 3.05) is 0 Å². The lowest BCUT2D eigenvalue weighted by atomic mass is 10.3. The molecular weight excluding hydrogens is 180 g/mol. The number of halogens is 1. The zero-order valence-electron chi connectivity index (χ0n) is 4.86. The van der Waals surface area contributed by atoms with Crippen LogP contribution in [0.3, 0.4) is 0 Å². The van der Waals surface area contributed by atoms with Crippen LogP contribution in [0.2, 0.25) is 0 Å². The van der Waals surface area contributed by atoms with Crippen molar-refractivity contribution in [1.82, 2.24) is 0 Å². The first-order chi connectivity index (χ1) is 4.29. The summed E-state index contributed by atoms with van der Waals surface area (Å²) in [4.78, 5) is 20.7. The summed E-state index contributed by atoms with van der Waals surface area (Å²) in [7, 11) is 0. The molecule has 58 valence electrons. The minimum Gasteiger partial charge on any atom is -0.355 e. The molecule has 1 aliphatic heterocycles. The van der Waals surface area contributed by atoms with Gasteiger partial charge in [-0.2, -0.15) is 0 Å². The van der Waals surface area contributed by atoms with Gasteiger partial charge in [0.1, 0.15) is 0 Å². The summed E-state index contributed by atoms with van der Waals surface area (Å²) in [5, 5.41) is 0. The highest BCUT2D eigenvalue weighted by atomic mass is 35.5. The van der Waals surface area contributed by atoms with Crippen LogP contribution in [-0.2, 0) is 18.0 Å². The van der Waals surface area contributed by atoms with Crippen LogP contribution in [0, 0.1) is 0 Å². The van der Waals surface area contributed by atoms with Gasteiger partial charge in [-0.1, -0.05) is 0 Å². The zero-order chi connectivity index (χ0) is 6.69. The van der Waals surface area contributed by atoms with Crippen LogP contribution in [0.5, 0.6) is 0 Å². The molecule has 0 spiro atoms. The normalized spacial score (nSPS) is 18.0. The van der Waals surface area contributed by atoms with Crippen LogP contribution in [0.1, 0.15) is 12.8 Å². The number of carbonyl (C=O) groups is 2. The molecule has 10 heavy (non-hydrogen) atoms. The summed E-state index contributed by atoms with van der Waals surface area (Å²) >= 11 is 0.433. The first kappa shape index (κ1) is 9.58. The standard InChI is InChI=1S/C4H4O4S.ClH/c5-3-1-2-4(6)8-9-7-3;/h1-2H2;1H. The van der Waals surface area contributed by atoms with Crippen LogP contribution in [0.15, 0.2) is 0 Å². The third kappa shape index (κ3) is 2.93. The summed E-state index contributed by atoms with van der Waals surface area (Å²) in [6.45, 7) is 0. The Labute approximate surface area is 68.1 Å². The van der Waals surface area contributed by atoms with Gasteiger partial charge in [-0.05, 0) is 0 Å². The third-order valence-corrected chi connectivity index (χ3v) is 1.30. The van der Waals surface area contributed by atoms with Gasteiger partial charge in [0, 0.05) is 0 Å². The predicted octanol–water partition coefficient (Wildman–Crippen LogP) is 0.852. The Morgan fingerprint density at radius 1 is 1.10 bits per heavy atom. The minimum absolute atomic E-state index is 0. The van der Waals surface area contributed by atoms with E-state index in [9.17, 15) is 9.59 Å². The van der Waals surface area contributed by atoms with E-state index in [0.29, 0.717) is 12.3 Å². The van der Waals surface area contributed by atoms with Crippen LogP contribution < -0.4 is 0 Å². The zero-order valence-corrected chi connectivity index (χ0v) is 6.50. The molecule has 1 fully saturated rings. The molecule has 0 saturated carbocycles. The van der Waals surface area contributed by atoms with Crippen molar-refractivity contribution < 1.29 is 18.0 Å². The van der Waals surface area contributed by atoms with Gasteiger partial charge in [0.25, 0.3) is 12.3 Å². The number of hydrogen-bond donors (Lipinski definition) is 0. The quantitative estimate of drug-likeness (QED) is 0.523. The van der Waals surface area contributed by atoms with E-state index >= 15 is 0 Å². The maximum atomic E-state index is 10.4. The van der Waals surface area contributed by atoms with Gasteiger partial charge >= 0.3 is 11.9 Å². The van der Waals surface area contributed by atoms with Gasteiger partial charge in [-0.3, -0.25) is 9.59 Å². The van der Waals surface area contributed by atoms with Gasteiger partial charge in [-0.25, -0.2) is 0 Å². The highest BCUT2D eigenvalue weighted by Crippen LogP contribution is 2.14. The van der Waals surface area contributed by atoms with Crippen molar-refractivity contribution in [2.24, 2.45) is 0 Å². The number of carbonyl (C=O) groups excluding carboxylic acids is 2. The van der Waals surface area contributed by atoms with Crippen LogP contribution in [-0.4, -0.2) is 11.9 Å². The Bertz CT molecular complexity index is 132. The van der Waals surface area contributed by atoms with Crippen molar-refractivity contribution in [1.29, 1.82) is 0 Å². The van der Waals surface area contributed by atoms with Crippen molar-refractivity contribution in [3.63, 3.8) is 0 Å². The molecule has 0 aromatic heterocycles. The summed E-state index contributed by atoms with van der Waals surface area (Å²) in [6.07, 6.45) is 0.234. The lowest BCUT2D eigenvalue weighted by Crippen LogP contribution is -1.97. The molecule has 0 unspecified atom stereocenters.